The van der Waals surface area contributed by atoms with E-state index in [4.69, 9.17) is 0 Å². The Balaban J connectivity index is 2.53. The zero-order chi connectivity index (χ0) is 10.0. The average molecular weight is 183 g/mol. The smallest absolute Gasteiger partial charge is 0.00698 e. The van der Waals surface area contributed by atoms with Gasteiger partial charge in [0.2, 0.25) is 0 Å². The molecule has 0 saturated carbocycles. The molecule has 0 spiro atoms. The summed E-state index contributed by atoms with van der Waals surface area (Å²) in [7, 11) is 0. The quantitative estimate of drug-likeness (QED) is 0.635. The second-order valence-corrected chi connectivity index (χ2v) is 5.22. The molecule has 0 aliphatic carbocycles. The van der Waals surface area contributed by atoms with Gasteiger partial charge in [0, 0.05) is 18.6 Å². The molecule has 0 amide bonds. The van der Waals surface area contributed by atoms with Crippen molar-refractivity contribution in [3.05, 3.63) is 0 Å². The SMILES string of the molecule is CC(C)[C@@H]1CC[C@@H](C)N(C(C)C)C1. The van der Waals surface area contributed by atoms with Gasteiger partial charge in [0.25, 0.3) is 0 Å². The van der Waals surface area contributed by atoms with Crippen molar-refractivity contribution in [1.82, 2.24) is 4.90 Å². The number of nitrogens with zero attached hydrogens (tertiary/aromatic N) is 1. The molecule has 1 aliphatic heterocycles. The molecule has 78 valence electrons. The van der Waals surface area contributed by atoms with E-state index in [1.165, 1.54) is 19.4 Å². The van der Waals surface area contributed by atoms with Crippen LogP contribution in [0.1, 0.15) is 47.5 Å². The highest BCUT2D eigenvalue weighted by molar-refractivity contribution is 4.82. The summed E-state index contributed by atoms with van der Waals surface area (Å²) in [6.45, 7) is 13.0. The van der Waals surface area contributed by atoms with Crippen molar-refractivity contribution in [2.24, 2.45) is 11.8 Å². The normalized spacial score (nSPS) is 31.6. The molecule has 0 unspecified atom stereocenters. The molecule has 1 fully saturated rings. The molecule has 0 radical (unpaired) electrons. The minimum absolute atomic E-state index is 0.719. The van der Waals surface area contributed by atoms with Gasteiger partial charge in [-0.25, -0.2) is 0 Å². The fraction of sp³-hybridized carbons (Fsp3) is 1.00. The zero-order valence-corrected chi connectivity index (χ0v) is 9.88. The van der Waals surface area contributed by atoms with Gasteiger partial charge in [0.05, 0.1) is 0 Å². The van der Waals surface area contributed by atoms with Crippen molar-refractivity contribution in [3.63, 3.8) is 0 Å². The van der Waals surface area contributed by atoms with Gasteiger partial charge in [0.15, 0.2) is 0 Å². The molecule has 1 aliphatic rings. The van der Waals surface area contributed by atoms with Crippen LogP contribution in [-0.2, 0) is 0 Å². The van der Waals surface area contributed by atoms with E-state index in [0.717, 1.165) is 23.9 Å². The molecule has 2 atom stereocenters. The van der Waals surface area contributed by atoms with E-state index in [9.17, 15) is 0 Å². The Morgan fingerprint density at radius 2 is 1.69 bits per heavy atom. The summed E-state index contributed by atoms with van der Waals surface area (Å²) in [6.07, 6.45) is 2.82. The molecule has 1 saturated heterocycles. The molecule has 1 heteroatoms. The minimum Gasteiger partial charge on any atom is -0.298 e. The second-order valence-electron chi connectivity index (χ2n) is 5.22. The highest BCUT2D eigenvalue weighted by Gasteiger charge is 2.28. The predicted molar refractivity (Wildman–Crippen MR) is 58.9 cm³/mol. The molecule has 0 bridgehead atoms. The van der Waals surface area contributed by atoms with Crippen LogP contribution >= 0.6 is 0 Å². The van der Waals surface area contributed by atoms with Crippen molar-refractivity contribution in [1.29, 1.82) is 0 Å². The lowest BCUT2D eigenvalue weighted by Gasteiger charge is -2.42. The maximum Gasteiger partial charge on any atom is 0.00698 e. The Morgan fingerprint density at radius 3 is 2.15 bits per heavy atom. The van der Waals surface area contributed by atoms with Gasteiger partial charge in [-0.2, -0.15) is 0 Å². The number of hydrogen-bond donors (Lipinski definition) is 0. The fourth-order valence-corrected chi connectivity index (χ4v) is 2.43. The van der Waals surface area contributed by atoms with Crippen LogP contribution in [0, 0.1) is 11.8 Å². The van der Waals surface area contributed by atoms with Gasteiger partial charge < -0.3 is 0 Å². The summed E-state index contributed by atoms with van der Waals surface area (Å²) in [4.78, 5) is 2.66. The van der Waals surface area contributed by atoms with Gasteiger partial charge in [0.1, 0.15) is 0 Å². The van der Waals surface area contributed by atoms with Crippen LogP contribution in [0.15, 0.2) is 0 Å². The van der Waals surface area contributed by atoms with Crippen LogP contribution in [0.4, 0.5) is 0 Å². The van der Waals surface area contributed by atoms with Gasteiger partial charge in [-0.3, -0.25) is 4.90 Å². The third-order valence-electron chi connectivity index (χ3n) is 3.57. The molecule has 1 rings (SSSR count). The Hall–Kier alpha value is -0.0400. The van der Waals surface area contributed by atoms with Gasteiger partial charge >= 0.3 is 0 Å². The lowest BCUT2D eigenvalue weighted by Crippen LogP contribution is -2.46. The second kappa shape index (κ2) is 4.45. The first-order valence-corrected chi connectivity index (χ1v) is 5.78. The first-order chi connectivity index (χ1) is 6.02. The van der Waals surface area contributed by atoms with Crippen LogP contribution in [0.5, 0.6) is 0 Å². The first-order valence-electron chi connectivity index (χ1n) is 5.78. The molecule has 1 heterocycles. The van der Waals surface area contributed by atoms with Crippen LogP contribution in [0.25, 0.3) is 0 Å². The number of rotatable bonds is 2. The maximum atomic E-state index is 2.66. The minimum atomic E-state index is 0.719. The standard InChI is InChI=1S/C12H25N/c1-9(2)12-7-6-11(5)13(8-12)10(3)4/h9-12H,6-8H2,1-5H3/t11-,12-/m1/s1. The molecule has 0 aromatic carbocycles. The van der Waals surface area contributed by atoms with Gasteiger partial charge in [-0.1, -0.05) is 13.8 Å². The molecular weight excluding hydrogens is 158 g/mol. The molecular formula is C12H25N. The lowest BCUT2D eigenvalue weighted by atomic mass is 9.85. The summed E-state index contributed by atoms with van der Waals surface area (Å²) < 4.78 is 0. The van der Waals surface area contributed by atoms with Crippen LogP contribution in [0.3, 0.4) is 0 Å². The zero-order valence-electron chi connectivity index (χ0n) is 9.88. The van der Waals surface area contributed by atoms with Crippen molar-refractivity contribution in [3.8, 4) is 0 Å². The molecule has 0 aromatic rings. The summed E-state index contributed by atoms with van der Waals surface area (Å²) in [5, 5.41) is 0. The van der Waals surface area contributed by atoms with Crippen LogP contribution < -0.4 is 0 Å². The van der Waals surface area contributed by atoms with Crippen molar-refractivity contribution in [2.45, 2.75) is 59.5 Å². The average Bonchev–Trinajstić information content (AvgIpc) is 2.04. The van der Waals surface area contributed by atoms with E-state index in [2.05, 4.69) is 39.5 Å². The third-order valence-corrected chi connectivity index (χ3v) is 3.57. The largest absolute Gasteiger partial charge is 0.298 e. The Kier molecular flexibility index (Phi) is 3.78. The van der Waals surface area contributed by atoms with E-state index in [-0.39, 0.29) is 0 Å². The lowest BCUT2D eigenvalue weighted by molar-refractivity contribution is 0.0691. The molecule has 13 heavy (non-hydrogen) atoms. The molecule has 0 aromatic heterocycles. The molecule has 1 nitrogen and oxygen atoms in total. The van der Waals surface area contributed by atoms with Crippen molar-refractivity contribution >= 4 is 0 Å². The van der Waals surface area contributed by atoms with Crippen molar-refractivity contribution < 1.29 is 0 Å². The van der Waals surface area contributed by atoms with Gasteiger partial charge in [-0.15, -0.1) is 0 Å². The number of hydrogen-bond acceptors (Lipinski definition) is 1. The Bertz CT molecular complexity index is 151. The van der Waals surface area contributed by atoms with Crippen molar-refractivity contribution in [2.75, 3.05) is 6.54 Å². The fourth-order valence-electron chi connectivity index (χ4n) is 2.43. The highest BCUT2D eigenvalue weighted by atomic mass is 15.2. The van der Waals surface area contributed by atoms with E-state index >= 15 is 0 Å². The Morgan fingerprint density at radius 1 is 1.08 bits per heavy atom. The van der Waals surface area contributed by atoms with E-state index in [1.54, 1.807) is 0 Å². The first kappa shape index (κ1) is 11.0. The maximum absolute atomic E-state index is 2.66. The topological polar surface area (TPSA) is 3.24 Å². The predicted octanol–water partition coefficient (Wildman–Crippen LogP) is 3.15. The summed E-state index contributed by atoms with van der Waals surface area (Å²) in [5.41, 5.74) is 0. The third kappa shape index (κ3) is 2.70. The molecule has 0 N–H and O–H groups in total. The van der Waals surface area contributed by atoms with Crippen LogP contribution in [-0.4, -0.2) is 23.5 Å². The number of piperidine rings is 1. The van der Waals surface area contributed by atoms with Gasteiger partial charge in [-0.05, 0) is 45.4 Å². The monoisotopic (exact) mass is 183 g/mol. The van der Waals surface area contributed by atoms with E-state index < -0.39 is 0 Å². The highest BCUT2D eigenvalue weighted by Crippen LogP contribution is 2.28. The summed E-state index contributed by atoms with van der Waals surface area (Å²) in [6, 6.07) is 1.52. The summed E-state index contributed by atoms with van der Waals surface area (Å²) >= 11 is 0. The van der Waals surface area contributed by atoms with Crippen LogP contribution in [0.2, 0.25) is 0 Å². The Labute approximate surface area is 83.5 Å². The summed E-state index contributed by atoms with van der Waals surface area (Å²) in [5.74, 6) is 1.78. The van der Waals surface area contributed by atoms with E-state index in [0.29, 0.717) is 0 Å². The number of likely N-dealkylation sites (tertiary alicyclic amines) is 1. The van der Waals surface area contributed by atoms with E-state index in [1.807, 2.05) is 0 Å².